The molecule has 0 heterocycles. The van der Waals surface area contributed by atoms with Gasteiger partial charge in [-0.15, -0.1) is 0 Å². The summed E-state index contributed by atoms with van der Waals surface area (Å²) in [5.41, 5.74) is 0. The third-order valence-electron chi connectivity index (χ3n) is 9.12. The normalized spacial score (nSPS) is 13.8. The number of carbonyl (C=O) groups is 3. The first-order valence-corrected chi connectivity index (χ1v) is 21.7. The Morgan fingerprint density at radius 2 is 1.09 bits per heavy atom. The van der Waals surface area contributed by atoms with Crippen molar-refractivity contribution in [3.8, 4) is 0 Å². The average molecular weight is 783 g/mol. The van der Waals surface area contributed by atoms with E-state index in [1.807, 2.05) is 51.5 Å². The minimum Gasteiger partial charge on any atom is -0.477 e. The molecule has 0 saturated heterocycles. The predicted octanol–water partition coefficient (Wildman–Crippen LogP) is 11.7. The van der Waals surface area contributed by atoms with Crippen LogP contribution >= 0.6 is 0 Å². The molecular weight excluding hydrogens is 703 g/mol. The van der Waals surface area contributed by atoms with Crippen LogP contribution in [0.2, 0.25) is 0 Å². The summed E-state index contributed by atoms with van der Waals surface area (Å²) in [7, 11) is 5.49. The van der Waals surface area contributed by atoms with Crippen LogP contribution in [0.15, 0.2) is 85.1 Å². The number of nitrogens with zero attached hydrogens (tertiary/aromatic N) is 1. The molecule has 8 nitrogen and oxygen atoms in total. The lowest BCUT2D eigenvalue weighted by Crippen LogP contribution is -2.50. The van der Waals surface area contributed by atoms with Crippen LogP contribution in [0.4, 0.5) is 0 Å². The van der Waals surface area contributed by atoms with Gasteiger partial charge in [0.25, 0.3) is 0 Å². The molecule has 0 aliphatic carbocycles. The van der Waals surface area contributed by atoms with Crippen LogP contribution in [0.3, 0.4) is 0 Å². The number of aliphatic carboxylic acids is 1. The number of hydrogen-bond acceptors (Lipinski definition) is 6. The van der Waals surface area contributed by atoms with Gasteiger partial charge in [-0.3, -0.25) is 9.59 Å². The topological polar surface area (TPSA) is 99.1 Å². The lowest BCUT2D eigenvalue weighted by atomic mass is 10.1. The Hall–Kier alpha value is -3.49. The fourth-order valence-corrected chi connectivity index (χ4v) is 5.76. The highest BCUT2D eigenvalue weighted by molar-refractivity contribution is 5.72. The maximum atomic E-state index is 12.7. The van der Waals surface area contributed by atoms with Gasteiger partial charge in [0.2, 0.25) is 0 Å². The van der Waals surface area contributed by atoms with Crippen molar-refractivity contribution in [1.82, 2.24) is 0 Å². The molecule has 0 saturated carbocycles. The van der Waals surface area contributed by atoms with Crippen molar-refractivity contribution < 1.29 is 38.2 Å². The number of esters is 2. The summed E-state index contributed by atoms with van der Waals surface area (Å²) in [5, 5.41) is 9.61. The van der Waals surface area contributed by atoms with E-state index in [0.717, 1.165) is 64.2 Å². The van der Waals surface area contributed by atoms with Gasteiger partial charge in [0.05, 0.1) is 34.4 Å². The van der Waals surface area contributed by atoms with E-state index in [1.165, 1.54) is 44.9 Å². The maximum absolute atomic E-state index is 12.7. The number of carboxylic acid groups (broad SMARTS) is 1. The quantitative estimate of drug-likeness (QED) is 0.0220. The molecule has 0 fully saturated rings. The summed E-state index contributed by atoms with van der Waals surface area (Å²) in [6.07, 6.45) is 49.2. The Labute approximate surface area is 342 Å². The Bertz CT molecular complexity index is 1190. The van der Waals surface area contributed by atoms with Gasteiger partial charge in [0, 0.05) is 19.3 Å². The predicted molar refractivity (Wildman–Crippen MR) is 233 cm³/mol. The third kappa shape index (κ3) is 36.2. The summed E-state index contributed by atoms with van der Waals surface area (Å²) >= 11 is 0. The first kappa shape index (κ1) is 52.5. The molecule has 2 unspecified atom stereocenters. The second-order valence-electron chi connectivity index (χ2n) is 15.3. The van der Waals surface area contributed by atoms with Crippen molar-refractivity contribution in [2.45, 2.75) is 161 Å². The van der Waals surface area contributed by atoms with Crippen molar-refractivity contribution >= 4 is 17.9 Å². The Morgan fingerprint density at radius 1 is 0.571 bits per heavy atom. The van der Waals surface area contributed by atoms with Crippen LogP contribution in [-0.2, 0) is 28.6 Å². The number of quaternary nitrogens is 1. The Kier molecular flexibility index (Phi) is 36.0. The smallest absolute Gasteiger partial charge is 0.362 e. The van der Waals surface area contributed by atoms with Crippen molar-refractivity contribution in [3.63, 3.8) is 0 Å². The Morgan fingerprint density at radius 3 is 1.70 bits per heavy atom. The molecule has 0 rings (SSSR count). The number of likely N-dealkylation sites (N-methyl/N-ethyl adjacent to an activating group) is 1. The van der Waals surface area contributed by atoms with Gasteiger partial charge in [-0.2, -0.15) is 0 Å². The summed E-state index contributed by atoms with van der Waals surface area (Å²) in [5.74, 6) is -1.58. The molecule has 0 aromatic rings. The number of allylic oxidation sites excluding steroid dienone is 14. The molecule has 0 aliphatic rings. The molecule has 0 amide bonds. The van der Waals surface area contributed by atoms with Crippen LogP contribution in [0.25, 0.3) is 0 Å². The third-order valence-corrected chi connectivity index (χ3v) is 9.12. The highest BCUT2D eigenvalue weighted by atomic mass is 16.6. The largest absolute Gasteiger partial charge is 0.477 e. The molecule has 8 heteroatoms. The molecule has 0 aliphatic heterocycles. The highest BCUT2D eigenvalue weighted by Crippen LogP contribution is 2.12. The molecule has 0 aromatic heterocycles. The second kappa shape index (κ2) is 38.4. The van der Waals surface area contributed by atoms with E-state index in [2.05, 4.69) is 68.5 Å². The van der Waals surface area contributed by atoms with E-state index in [1.54, 1.807) is 0 Å². The van der Waals surface area contributed by atoms with Gasteiger partial charge in [0.1, 0.15) is 6.61 Å². The Balaban J connectivity index is 4.50. The second-order valence-corrected chi connectivity index (χ2v) is 15.3. The van der Waals surface area contributed by atoms with Gasteiger partial charge in [-0.05, 0) is 64.2 Å². The standard InChI is InChI=1S/C48H79NO7/c1-6-8-10-12-14-16-18-20-22-23-25-26-28-30-32-34-36-38-46(50)55-43-44(42-54-41-40-45(48(52)53)49(3,4)5)56-47(51)39-37-35-33-31-29-27-24-21-19-17-15-13-11-9-7-2/h9,11,13,15,17,19-22,24-26,30,32,44-45H,6-8,10,12,14,16,18,23,27-29,31,33-43H2,1-5H3/p+1/b11-9+,15-13+,19-17+,22-20+,24-21+,26-25+,32-30+. The zero-order valence-electron chi connectivity index (χ0n) is 36.1. The lowest BCUT2D eigenvalue weighted by Gasteiger charge is -2.31. The fraction of sp³-hybridized carbons (Fsp3) is 0.646. The van der Waals surface area contributed by atoms with Crippen LogP contribution in [-0.4, -0.2) is 80.6 Å². The summed E-state index contributed by atoms with van der Waals surface area (Å²) in [6.45, 7) is 4.49. The summed E-state index contributed by atoms with van der Waals surface area (Å²) < 4.78 is 17.2. The molecule has 318 valence electrons. The molecule has 0 spiro atoms. The van der Waals surface area contributed by atoms with Crippen molar-refractivity contribution in [2.75, 3.05) is 41.0 Å². The van der Waals surface area contributed by atoms with Crippen molar-refractivity contribution in [1.29, 1.82) is 0 Å². The highest BCUT2D eigenvalue weighted by Gasteiger charge is 2.31. The molecule has 1 N–H and O–H groups in total. The van der Waals surface area contributed by atoms with Gasteiger partial charge < -0.3 is 23.8 Å². The van der Waals surface area contributed by atoms with Gasteiger partial charge in [0.15, 0.2) is 12.1 Å². The molecular formula is C48H80NO7+. The van der Waals surface area contributed by atoms with Crippen molar-refractivity contribution in [2.24, 2.45) is 0 Å². The van der Waals surface area contributed by atoms with Crippen LogP contribution in [0.1, 0.15) is 149 Å². The number of rotatable bonds is 37. The maximum Gasteiger partial charge on any atom is 0.362 e. The first-order valence-electron chi connectivity index (χ1n) is 21.7. The zero-order valence-corrected chi connectivity index (χ0v) is 36.1. The van der Waals surface area contributed by atoms with E-state index in [9.17, 15) is 19.5 Å². The SMILES string of the molecule is CC/C=C/C=C/C=C/C=C/CCCCCCCC(=O)OC(COCCC(C(=O)O)[N+](C)(C)C)COC(=O)CCC/C=C/C/C=C/C/C=C/CCCCCCCC. The lowest BCUT2D eigenvalue weighted by molar-refractivity contribution is -0.887. The zero-order chi connectivity index (χ0) is 41.4. The number of hydrogen-bond donors (Lipinski definition) is 1. The average Bonchev–Trinajstić information content (AvgIpc) is 3.15. The summed E-state index contributed by atoms with van der Waals surface area (Å²) in [6, 6.07) is -0.631. The summed E-state index contributed by atoms with van der Waals surface area (Å²) in [4.78, 5) is 36.9. The van der Waals surface area contributed by atoms with E-state index in [4.69, 9.17) is 14.2 Å². The number of unbranched alkanes of at least 4 members (excludes halogenated alkanes) is 12. The molecule has 56 heavy (non-hydrogen) atoms. The van der Waals surface area contributed by atoms with Crippen LogP contribution in [0.5, 0.6) is 0 Å². The molecule has 0 bridgehead atoms. The van der Waals surface area contributed by atoms with Crippen LogP contribution in [0, 0.1) is 0 Å². The minimum absolute atomic E-state index is 0.0303. The molecule has 0 radical (unpaired) electrons. The molecule has 2 atom stereocenters. The van der Waals surface area contributed by atoms with E-state index >= 15 is 0 Å². The molecule has 0 aromatic carbocycles. The van der Waals surface area contributed by atoms with Gasteiger partial charge in [-0.25, -0.2) is 4.79 Å². The number of ether oxygens (including phenoxy) is 3. The fourth-order valence-electron chi connectivity index (χ4n) is 5.76. The number of carbonyl (C=O) groups excluding carboxylic acids is 2. The van der Waals surface area contributed by atoms with E-state index < -0.39 is 18.1 Å². The monoisotopic (exact) mass is 783 g/mol. The van der Waals surface area contributed by atoms with Gasteiger partial charge in [-0.1, -0.05) is 150 Å². The first-order chi connectivity index (χ1) is 27.1. The minimum atomic E-state index is -0.890. The van der Waals surface area contributed by atoms with E-state index in [-0.39, 0.29) is 49.1 Å². The van der Waals surface area contributed by atoms with Gasteiger partial charge >= 0.3 is 17.9 Å². The van der Waals surface area contributed by atoms with E-state index in [0.29, 0.717) is 12.8 Å². The number of carboxylic acids is 1. The van der Waals surface area contributed by atoms with Crippen LogP contribution < -0.4 is 0 Å². The van der Waals surface area contributed by atoms with Crippen molar-refractivity contribution in [3.05, 3.63) is 85.1 Å².